The van der Waals surface area contributed by atoms with Crippen LogP contribution < -0.4 is 0 Å². The Labute approximate surface area is 467 Å². The lowest BCUT2D eigenvalue weighted by atomic mass is 9.98. The number of ether oxygens (including phenoxy) is 5. The number of carbonyl (C=O) groups excluding carboxylic acids is 3. The molecule has 0 aromatic heterocycles. The summed E-state index contributed by atoms with van der Waals surface area (Å²) in [7, 11) is 0. The fourth-order valence-corrected chi connectivity index (χ4v) is 8.74. The highest BCUT2D eigenvalue weighted by Gasteiger charge is 2.50. The standard InChI is InChI=1S/C65H108O12/c1-4-7-10-13-16-19-22-25-28-29-32-33-36-39-42-45-48-51-57(66)73-54-56(75-58(67)52-49-46-43-40-37-34-30-26-23-20-17-14-11-8-5-2)55-74-65-63(61(70)60(69)62(77-65)64(71)72)76-59(68)53-50-47-44-41-38-35-31-27-24-21-18-15-12-9-6-3/h8,11,17-18,20-21,25-28,30-31,37,40,56,60-63,65,69-70H,4-7,9-10,12-16,19,22-24,29,32-36,38-39,41-55H2,1-3H3,(H,71,72)/b11-8-,20-17-,21-18-,28-25-,30-26-,31-27-,40-37-. The molecule has 1 heterocycles. The zero-order chi connectivity index (χ0) is 56.1. The van der Waals surface area contributed by atoms with Crippen molar-refractivity contribution in [1.29, 1.82) is 0 Å². The van der Waals surface area contributed by atoms with Crippen LogP contribution in [0.2, 0.25) is 0 Å². The first-order chi connectivity index (χ1) is 37.6. The average molecular weight is 1080 g/mol. The molecule has 6 atom stereocenters. The first-order valence-electron chi connectivity index (χ1n) is 30.6. The van der Waals surface area contributed by atoms with E-state index in [1.54, 1.807) is 0 Å². The number of aliphatic hydroxyl groups excluding tert-OH is 2. The number of carboxylic acid groups (broad SMARTS) is 1. The molecule has 6 unspecified atom stereocenters. The molecule has 12 nitrogen and oxygen atoms in total. The highest BCUT2D eigenvalue weighted by atomic mass is 16.7. The Morgan fingerprint density at radius 3 is 1.31 bits per heavy atom. The topological polar surface area (TPSA) is 175 Å². The number of rotatable bonds is 51. The Bertz CT molecular complexity index is 1660. The van der Waals surface area contributed by atoms with Gasteiger partial charge in [-0.3, -0.25) is 14.4 Å². The number of carbonyl (C=O) groups is 4. The summed E-state index contributed by atoms with van der Waals surface area (Å²) in [5.41, 5.74) is 0. The molecule has 1 aliphatic rings. The van der Waals surface area contributed by atoms with E-state index in [2.05, 4.69) is 106 Å². The molecule has 77 heavy (non-hydrogen) atoms. The molecule has 12 heteroatoms. The lowest BCUT2D eigenvalue weighted by molar-refractivity contribution is -0.301. The number of esters is 3. The van der Waals surface area contributed by atoms with Crippen molar-refractivity contribution in [3.05, 3.63) is 85.1 Å². The molecule has 0 radical (unpaired) electrons. The van der Waals surface area contributed by atoms with Crippen LogP contribution in [0.3, 0.4) is 0 Å². The van der Waals surface area contributed by atoms with Crippen molar-refractivity contribution >= 4 is 23.9 Å². The van der Waals surface area contributed by atoms with Gasteiger partial charge in [0.2, 0.25) is 0 Å². The van der Waals surface area contributed by atoms with Gasteiger partial charge in [0.1, 0.15) is 18.8 Å². The van der Waals surface area contributed by atoms with Crippen LogP contribution in [-0.4, -0.2) is 89.2 Å². The van der Waals surface area contributed by atoms with Gasteiger partial charge in [-0.1, -0.05) is 202 Å². The normalized spacial score (nSPS) is 18.6. The first kappa shape index (κ1) is 70.9. The largest absolute Gasteiger partial charge is 0.479 e. The number of aliphatic carboxylic acids is 1. The van der Waals surface area contributed by atoms with Gasteiger partial charge in [0, 0.05) is 19.3 Å². The summed E-state index contributed by atoms with van der Waals surface area (Å²) in [6, 6.07) is 0. The molecule has 0 aliphatic carbocycles. The van der Waals surface area contributed by atoms with Crippen LogP contribution in [0, 0.1) is 0 Å². The summed E-state index contributed by atoms with van der Waals surface area (Å²) in [5.74, 6) is -3.20. The fourth-order valence-electron chi connectivity index (χ4n) is 8.74. The van der Waals surface area contributed by atoms with E-state index in [9.17, 15) is 34.5 Å². The Morgan fingerprint density at radius 1 is 0.442 bits per heavy atom. The van der Waals surface area contributed by atoms with Gasteiger partial charge >= 0.3 is 23.9 Å². The molecule has 3 N–H and O–H groups in total. The summed E-state index contributed by atoms with van der Waals surface area (Å²) in [6.45, 7) is 5.81. The van der Waals surface area contributed by atoms with Crippen molar-refractivity contribution < 1.29 is 58.2 Å². The number of aliphatic hydroxyl groups is 2. The molecular weight excluding hydrogens is 973 g/mol. The van der Waals surface area contributed by atoms with Gasteiger partial charge in [-0.05, 0) is 116 Å². The van der Waals surface area contributed by atoms with Crippen molar-refractivity contribution in [3.8, 4) is 0 Å². The highest BCUT2D eigenvalue weighted by Crippen LogP contribution is 2.26. The predicted molar refractivity (Wildman–Crippen MR) is 312 cm³/mol. The number of hydrogen-bond acceptors (Lipinski definition) is 11. The SMILES string of the molecule is CC/C=C\C/C=C\C/C=C\C/C=C\CCCCC(=O)OC(COC(=O)CCCCCCCCC/C=C\CCCCCCCC)COC1OC(C(=O)O)C(O)C(O)C1OC(=O)CCCCCCC/C=C\C/C=C\CCCCC. The summed E-state index contributed by atoms with van der Waals surface area (Å²) >= 11 is 0. The van der Waals surface area contributed by atoms with Crippen LogP contribution in [0.5, 0.6) is 0 Å². The Hall–Kier alpha value is -4.10. The number of hydrogen-bond donors (Lipinski definition) is 3. The molecule has 1 aliphatic heterocycles. The maximum atomic E-state index is 13.1. The molecular formula is C65H108O12. The van der Waals surface area contributed by atoms with Gasteiger partial charge in [0.15, 0.2) is 24.6 Å². The van der Waals surface area contributed by atoms with E-state index in [1.165, 1.54) is 77.0 Å². The van der Waals surface area contributed by atoms with Crippen LogP contribution in [-0.2, 0) is 42.9 Å². The van der Waals surface area contributed by atoms with E-state index in [4.69, 9.17) is 23.7 Å². The lowest BCUT2D eigenvalue weighted by Gasteiger charge is -2.40. The molecule has 0 bridgehead atoms. The third-order valence-corrected chi connectivity index (χ3v) is 13.4. The number of allylic oxidation sites excluding steroid dienone is 14. The minimum Gasteiger partial charge on any atom is -0.479 e. The van der Waals surface area contributed by atoms with Gasteiger partial charge < -0.3 is 39.0 Å². The van der Waals surface area contributed by atoms with Crippen molar-refractivity contribution in [2.45, 2.75) is 289 Å². The third kappa shape index (κ3) is 42.5. The van der Waals surface area contributed by atoms with E-state index in [0.29, 0.717) is 19.3 Å². The van der Waals surface area contributed by atoms with Gasteiger partial charge in [-0.2, -0.15) is 0 Å². The number of carboxylic acids is 1. The Kier molecular flexibility index (Phi) is 48.4. The zero-order valence-electron chi connectivity index (χ0n) is 48.4. The molecule has 1 saturated heterocycles. The van der Waals surface area contributed by atoms with Gasteiger partial charge in [0.05, 0.1) is 6.61 Å². The molecule has 0 saturated carbocycles. The Morgan fingerprint density at radius 2 is 0.818 bits per heavy atom. The molecule has 1 rings (SSSR count). The average Bonchev–Trinajstić information content (AvgIpc) is 3.43. The molecule has 0 aromatic rings. The molecule has 440 valence electrons. The maximum Gasteiger partial charge on any atom is 0.335 e. The summed E-state index contributed by atoms with van der Waals surface area (Å²) in [6.07, 6.45) is 55.5. The van der Waals surface area contributed by atoms with E-state index in [-0.39, 0.29) is 25.9 Å². The lowest BCUT2D eigenvalue weighted by Crippen LogP contribution is -2.61. The number of unbranched alkanes of at least 4 members (excludes halogenated alkanes) is 23. The fraction of sp³-hybridized carbons (Fsp3) is 0.723. The second-order valence-corrected chi connectivity index (χ2v) is 20.6. The van der Waals surface area contributed by atoms with E-state index in [1.807, 2.05) is 0 Å². The minimum atomic E-state index is -1.92. The third-order valence-electron chi connectivity index (χ3n) is 13.4. The molecule has 0 spiro atoms. The van der Waals surface area contributed by atoms with Crippen LogP contribution in [0.25, 0.3) is 0 Å². The van der Waals surface area contributed by atoms with Crippen LogP contribution >= 0.6 is 0 Å². The quantitative estimate of drug-likeness (QED) is 0.0228. The molecule has 1 fully saturated rings. The summed E-state index contributed by atoms with van der Waals surface area (Å²) in [4.78, 5) is 51.2. The van der Waals surface area contributed by atoms with E-state index in [0.717, 1.165) is 116 Å². The van der Waals surface area contributed by atoms with Crippen molar-refractivity contribution in [2.75, 3.05) is 13.2 Å². The van der Waals surface area contributed by atoms with Crippen LogP contribution in [0.1, 0.15) is 252 Å². The minimum absolute atomic E-state index is 0.0363. The van der Waals surface area contributed by atoms with Crippen LogP contribution in [0.15, 0.2) is 85.1 Å². The molecule has 0 amide bonds. The Balaban J connectivity index is 2.72. The maximum absolute atomic E-state index is 13.1. The van der Waals surface area contributed by atoms with Gasteiger partial charge in [0.25, 0.3) is 0 Å². The second-order valence-electron chi connectivity index (χ2n) is 20.6. The highest BCUT2D eigenvalue weighted by molar-refractivity contribution is 5.74. The smallest absolute Gasteiger partial charge is 0.335 e. The van der Waals surface area contributed by atoms with Crippen molar-refractivity contribution in [3.63, 3.8) is 0 Å². The van der Waals surface area contributed by atoms with Gasteiger partial charge in [-0.15, -0.1) is 0 Å². The monoisotopic (exact) mass is 1080 g/mol. The zero-order valence-corrected chi connectivity index (χ0v) is 48.4. The van der Waals surface area contributed by atoms with Crippen LogP contribution in [0.4, 0.5) is 0 Å². The molecule has 0 aromatic carbocycles. The second kappa shape index (κ2) is 52.6. The van der Waals surface area contributed by atoms with E-state index < -0.39 is 67.3 Å². The predicted octanol–water partition coefficient (Wildman–Crippen LogP) is 15.9. The summed E-state index contributed by atoms with van der Waals surface area (Å²) < 4.78 is 28.4. The van der Waals surface area contributed by atoms with Crippen molar-refractivity contribution in [2.24, 2.45) is 0 Å². The summed E-state index contributed by atoms with van der Waals surface area (Å²) in [5, 5.41) is 31.5. The first-order valence-corrected chi connectivity index (χ1v) is 30.6. The van der Waals surface area contributed by atoms with E-state index >= 15 is 0 Å². The van der Waals surface area contributed by atoms with Crippen molar-refractivity contribution in [1.82, 2.24) is 0 Å². The van der Waals surface area contributed by atoms with Gasteiger partial charge in [-0.25, -0.2) is 4.79 Å².